The van der Waals surface area contributed by atoms with Crippen molar-refractivity contribution in [2.75, 3.05) is 6.61 Å². The molecule has 1 heterocycles. The van der Waals surface area contributed by atoms with Crippen LogP contribution in [0.1, 0.15) is 53.3 Å². The second-order valence-corrected chi connectivity index (χ2v) is 24.2. The first-order valence-electron chi connectivity index (χ1n) is 9.74. The van der Waals surface area contributed by atoms with E-state index in [1.807, 2.05) is 33.9 Å². The molecule has 0 aliphatic rings. The molecular formula is C19H38FNO4S2Si2. The third-order valence-electron chi connectivity index (χ3n) is 6.22. The minimum Gasteiger partial charge on any atom is -0.414 e. The zero-order chi connectivity index (χ0) is 23.3. The normalized spacial score (nSPS) is 16.7. The Hall–Kier alpha value is -0.106. The van der Waals surface area contributed by atoms with Crippen molar-refractivity contribution in [3.8, 4) is 0 Å². The summed E-state index contributed by atoms with van der Waals surface area (Å²) in [5.41, 5.74) is -1.48. The van der Waals surface area contributed by atoms with Gasteiger partial charge in [-0.25, -0.2) is 17.2 Å². The Morgan fingerprint density at radius 2 is 1.55 bits per heavy atom. The summed E-state index contributed by atoms with van der Waals surface area (Å²) in [5, 5.41) is 10.6. The predicted molar refractivity (Wildman–Crippen MR) is 125 cm³/mol. The summed E-state index contributed by atoms with van der Waals surface area (Å²) in [7, 11) is -8.57. The van der Waals surface area contributed by atoms with E-state index in [2.05, 4.69) is 38.3 Å². The fourth-order valence-corrected chi connectivity index (χ4v) is 9.50. The van der Waals surface area contributed by atoms with Crippen molar-refractivity contribution in [1.29, 1.82) is 0 Å². The van der Waals surface area contributed by atoms with E-state index in [0.29, 0.717) is 0 Å². The quantitative estimate of drug-likeness (QED) is 0.509. The molecule has 10 heteroatoms. The summed E-state index contributed by atoms with van der Waals surface area (Å²) in [6, 6.07) is 1.11. The fraction of sp³-hybridized carbons (Fsp3) is 0.789. The minimum atomic E-state index is -4.03. The Labute approximate surface area is 182 Å². The molecular weight excluding hydrogens is 446 g/mol. The molecule has 0 fully saturated rings. The number of halogens is 1. The Morgan fingerprint density at radius 1 is 1.07 bits per heavy atom. The van der Waals surface area contributed by atoms with Gasteiger partial charge in [-0.2, -0.15) is 0 Å². The maximum atomic E-state index is 14.6. The van der Waals surface area contributed by atoms with Gasteiger partial charge in [0.2, 0.25) is 10.0 Å². The first kappa shape index (κ1) is 26.9. The van der Waals surface area contributed by atoms with Gasteiger partial charge in [-0.3, -0.25) is 0 Å². The van der Waals surface area contributed by atoms with E-state index in [1.165, 1.54) is 6.92 Å². The number of sulfonamides is 1. The standard InChI is InChI=1S/C19H38FNO4S2Si2/c1-17(2,3)28(8,9)21-27(23,24)16-14(20)12-15(26-16)19(7,22)13-25-29(10,11)18(4,5)6/h12,21-22H,13H2,1-11H3. The monoisotopic (exact) mass is 483 g/mol. The SMILES string of the molecule is CC(O)(CO[Si](C)(C)C(C)(C)C)c1cc(F)c(S(=O)(=O)N[Si](C)(C)C(C)(C)C)s1. The molecule has 0 aromatic carbocycles. The van der Waals surface area contributed by atoms with Crippen molar-refractivity contribution in [1.82, 2.24) is 4.39 Å². The van der Waals surface area contributed by atoms with Crippen LogP contribution < -0.4 is 4.39 Å². The van der Waals surface area contributed by atoms with Gasteiger partial charge in [0, 0.05) is 4.88 Å². The largest absolute Gasteiger partial charge is 0.414 e. The fourth-order valence-electron chi connectivity index (χ4n) is 1.94. The van der Waals surface area contributed by atoms with Crippen molar-refractivity contribution >= 4 is 37.9 Å². The van der Waals surface area contributed by atoms with Gasteiger partial charge in [-0.15, -0.1) is 11.3 Å². The zero-order valence-corrected chi connectivity index (χ0v) is 23.3. The Morgan fingerprint density at radius 3 is 1.97 bits per heavy atom. The van der Waals surface area contributed by atoms with Crippen molar-refractivity contribution in [2.24, 2.45) is 0 Å². The van der Waals surface area contributed by atoms with Crippen LogP contribution in [-0.4, -0.2) is 36.7 Å². The number of rotatable bonds is 7. The van der Waals surface area contributed by atoms with E-state index < -0.39 is 38.0 Å². The average Bonchev–Trinajstić information content (AvgIpc) is 2.85. The highest BCUT2D eigenvalue weighted by atomic mass is 32.2. The average molecular weight is 484 g/mol. The second kappa shape index (κ2) is 8.10. The molecule has 0 spiro atoms. The van der Waals surface area contributed by atoms with Crippen molar-refractivity contribution in [2.45, 2.75) is 94.5 Å². The van der Waals surface area contributed by atoms with Crippen molar-refractivity contribution in [3.63, 3.8) is 0 Å². The van der Waals surface area contributed by atoms with E-state index in [9.17, 15) is 17.9 Å². The molecule has 1 rings (SSSR count). The van der Waals surface area contributed by atoms with Gasteiger partial charge < -0.3 is 9.53 Å². The highest BCUT2D eigenvalue weighted by molar-refractivity contribution is 7.93. The molecule has 170 valence electrons. The van der Waals surface area contributed by atoms with Gasteiger partial charge in [0.25, 0.3) is 0 Å². The van der Waals surface area contributed by atoms with Gasteiger partial charge in [0.05, 0.1) is 6.61 Å². The Bertz CT molecular complexity index is 835. The highest BCUT2D eigenvalue weighted by Crippen LogP contribution is 2.40. The van der Waals surface area contributed by atoms with Crippen LogP contribution in [0.2, 0.25) is 36.3 Å². The van der Waals surface area contributed by atoms with Gasteiger partial charge in [-0.1, -0.05) is 54.6 Å². The third kappa shape index (κ3) is 6.21. The van der Waals surface area contributed by atoms with Crippen LogP contribution in [0, 0.1) is 5.82 Å². The lowest BCUT2D eigenvalue weighted by Crippen LogP contribution is -2.54. The summed E-state index contributed by atoms with van der Waals surface area (Å²) in [6.45, 7) is 21.7. The van der Waals surface area contributed by atoms with Crippen LogP contribution in [0.3, 0.4) is 0 Å². The molecule has 0 amide bonds. The van der Waals surface area contributed by atoms with E-state index in [-0.39, 0.29) is 25.8 Å². The number of thiophene rings is 1. The molecule has 1 unspecified atom stereocenters. The van der Waals surface area contributed by atoms with Gasteiger partial charge in [0.1, 0.15) is 13.8 Å². The third-order valence-corrected chi connectivity index (χ3v) is 20.3. The predicted octanol–water partition coefficient (Wildman–Crippen LogP) is 5.40. The molecule has 0 saturated carbocycles. The maximum Gasteiger partial charge on any atom is 0.247 e. The Balaban J connectivity index is 3.17. The molecule has 1 aromatic heterocycles. The molecule has 0 bridgehead atoms. The second-order valence-electron chi connectivity index (χ2n) is 11.0. The summed E-state index contributed by atoms with van der Waals surface area (Å²) in [4.78, 5) is 0.240. The first-order valence-corrected chi connectivity index (χ1v) is 17.9. The van der Waals surface area contributed by atoms with Crippen molar-refractivity contribution in [3.05, 3.63) is 16.8 Å². The Kier molecular flexibility index (Phi) is 7.53. The number of nitrogens with one attached hydrogen (secondary N) is 1. The summed E-state index contributed by atoms with van der Waals surface area (Å²) < 4.78 is 48.9. The number of hydrogen-bond donors (Lipinski definition) is 2. The zero-order valence-electron chi connectivity index (χ0n) is 19.7. The molecule has 2 N–H and O–H groups in total. The molecule has 1 aromatic rings. The number of aliphatic hydroxyl groups is 1. The summed E-state index contributed by atoms with van der Waals surface area (Å²) in [5.74, 6) is -0.844. The minimum absolute atomic E-state index is 0.0153. The topological polar surface area (TPSA) is 75.6 Å². The number of hydrogen-bond acceptors (Lipinski definition) is 5. The molecule has 0 aliphatic carbocycles. The smallest absolute Gasteiger partial charge is 0.247 e. The van der Waals surface area contributed by atoms with E-state index in [4.69, 9.17) is 4.43 Å². The molecule has 0 radical (unpaired) electrons. The van der Waals surface area contributed by atoms with E-state index in [0.717, 1.165) is 17.4 Å². The molecule has 0 saturated heterocycles. The molecule has 5 nitrogen and oxygen atoms in total. The van der Waals surface area contributed by atoms with E-state index >= 15 is 0 Å². The summed E-state index contributed by atoms with van der Waals surface area (Å²) in [6.07, 6.45) is 0. The lowest BCUT2D eigenvalue weighted by Gasteiger charge is -2.38. The summed E-state index contributed by atoms with van der Waals surface area (Å²) >= 11 is 0.765. The van der Waals surface area contributed by atoms with Gasteiger partial charge >= 0.3 is 0 Å². The van der Waals surface area contributed by atoms with Crippen LogP contribution in [0.15, 0.2) is 10.3 Å². The molecule has 1 atom stereocenters. The molecule has 0 aliphatic heterocycles. The highest BCUT2D eigenvalue weighted by Gasteiger charge is 2.42. The van der Waals surface area contributed by atoms with Crippen LogP contribution in [0.4, 0.5) is 4.39 Å². The van der Waals surface area contributed by atoms with Crippen molar-refractivity contribution < 1.29 is 22.3 Å². The van der Waals surface area contributed by atoms with Crippen LogP contribution >= 0.6 is 11.3 Å². The first-order chi connectivity index (χ1) is 12.5. The van der Waals surface area contributed by atoms with Crippen LogP contribution in [0.25, 0.3) is 0 Å². The lowest BCUT2D eigenvalue weighted by atomic mass is 10.1. The van der Waals surface area contributed by atoms with E-state index in [1.54, 1.807) is 0 Å². The van der Waals surface area contributed by atoms with Gasteiger partial charge in [0.15, 0.2) is 18.3 Å². The van der Waals surface area contributed by atoms with Crippen LogP contribution in [-0.2, 0) is 20.1 Å². The van der Waals surface area contributed by atoms with Crippen LogP contribution in [0.5, 0.6) is 0 Å². The lowest BCUT2D eigenvalue weighted by molar-refractivity contribution is 0.00556. The maximum absolute atomic E-state index is 14.6. The van der Waals surface area contributed by atoms with Gasteiger partial charge in [-0.05, 0) is 36.2 Å². The molecule has 29 heavy (non-hydrogen) atoms.